The van der Waals surface area contributed by atoms with Gasteiger partial charge in [0.05, 0.1) is 11.1 Å². The van der Waals surface area contributed by atoms with E-state index in [0.717, 1.165) is 0 Å². The average molecular weight is 214 g/mol. The summed E-state index contributed by atoms with van der Waals surface area (Å²) >= 11 is 5.65. The van der Waals surface area contributed by atoms with Gasteiger partial charge in [-0.1, -0.05) is 11.6 Å². The fourth-order valence-electron chi connectivity index (χ4n) is 1.06. The number of rotatable bonds is 2. The predicted octanol–water partition coefficient (Wildman–Crippen LogP) is 0.241. The van der Waals surface area contributed by atoms with Crippen LogP contribution in [0.5, 0.6) is 0 Å². The third kappa shape index (κ3) is 1.82. The molecule has 0 fully saturated rings. The minimum absolute atomic E-state index is 0.00463. The topological polar surface area (TPSA) is 99.1 Å². The highest BCUT2D eigenvalue weighted by molar-refractivity contribution is 6.33. The number of amides is 2. The van der Waals surface area contributed by atoms with Crippen LogP contribution in [0, 0.1) is 6.92 Å². The molecule has 2 amide bonds. The van der Waals surface area contributed by atoms with Gasteiger partial charge in [-0.15, -0.1) is 0 Å². The Bertz CT molecular complexity index is 417. The Morgan fingerprint density at radius 3 is 2.36 bits per heavy atom. The summed E-state index contributed by atoms with van der Waals surface area (Å²) in [5.74, 6) is -1.58. The lowest BCUT2D eigenvalue weighted by molar-refractivity contribution is 0.0967. The van der Waals surface area contributed by atoms with Crippen LogP contribution in [0.1, 0.15) is 26.4 Å². The van der Waals surface area contributed by atoms with Crippen molar-refractivity contribution < 1.29 is 9.59 Å². The molecule has 1 aromatic heterocycles. The summed E-state index contributed by atoms with van der Waals surface area (Å²) in [7, 11) is 0. The van der Waals surface area contributed by atoms with Gasteiger partial charge in [0, 0.05) is 5.69 Å². The molecule has 0 spiro atoms. The van der Waals surface area contributed by atoms with E-state index in [0.29, 0.717) is 5.69 Å². The molecule has 0 aromatic carbocycles. The summed E-state index contributed by atoms with van der Waals surface area (Å²) in [6, 6.07) is 1.37. The van der Waals surface area contributed by atoms with Crippen molar-refractivity contribution >= 4 is 23.4 Å². The average Bonchev–Trinajstić information content (AvgIpc) is 2.01. The Morgan fingerprint density at radius 1 is 1.36 bits per heavy atom. The lowest BCUT2D eigenvalue weighted by Crippen LogP contribution is -2.22. The largest absolute Gasteiger partial charge is 0.366 e. The SMILES string of the molecule is Cc1cc(C(N)=O)c(C(N)=O)c(Cl)n1. The molecule has 0 aliphatic rings. The number of nitrogens with zero attached hydrogens (tertiary/aromatic N) is 1. The van der Waals surface area contributed by atoms with Gasteiger partial charge in [0.15, 0.2) is 0 Å². The minimum atomic E-state index is -0.823. The second-order valence-electron chi connectivity index (χ2n) is 2.71. The lowest BCUT2D eigenvalue weighted by atomic mass is 10.1. The normalized spacial score (nSPS) is 9.86. The van der Waals surface area contributed by atoms with Crippen LogP contribution in [0.4, 0.5) is 0 Å². The summed E-state index contributed by atoms with van der Waals surface area (Å²) in [6.07, 6.45) is 0. The van der Waals surface area contributed by atoms with Crippen LogP contribution in [-0.4, -0.2) is 16.8 Å². The molecule has 0 saturated carbocycles. The number of hydrogen-bond acceptors (Lipinski definition) is 3. The predicted molar refractivity (Wildman–Crippen MR) is 51.0 cm³/mol. The second kappa shape index (κ2) is 3.63. The molecule has 0 atom stereocenters. The number of carbonyl (C=O) groups excluding carboxylic acids is 2. The molecule has 14 heavy (non-hydrogen) atoms. The highest BCUT2D eigenvalue weighted by atomic mass is 35.5. The minimum Gasteiger partial charge on any atom is -0.366 e. The van der Waals surface area contributed by atoms with Crippen molar-refractivity contribution in [2.45, 2.75) is 6.92 Å². The van der Waals surface area contributed by atoms with Crippen molar-refractivity contribution in [3.05, 3.63) is 28.0 Å². The quantitative estimate of drug-likeness (QED) is 0.689. The molecule has 0 radical (unpaired) electrons. The number of hydrogen-bond donors (Lipinski definition) is 2. The maximum atomic E-state index is 11.0. The molecule has 0 unspecified atom stereocenters. The first-order chi connectivity index (χ1) is 6.43. The van der Waals surface area contributed by atoms with Gasteiger partial charge in [-0.3, -0.25) is 9.59 Å². The molecule has 1 heterocycles. The van der Waals surface area contributed by atoms with E-state index in [4.69, 9.17) is 23.1 Å². The molecular formula is C8H8ClN3O2. The van der Waals surface area contributed by atoms with Gasteiger partial charge in [-0.2, -0.15) is 0 Å². The standard InChI is InChI=1S/C8H8ClN3O2/c1-3-2-4(7(10)13)5(8(11)14)6(9)12-3/h2H,1H3,(H2,10,13)(H2,11,14). The molecule has 0 bridgehead atoms. The number of halogens is 1. The van der Waals surface area contributed by atoms with Gasteiger partial charge >= 0.3 is 0 Å². The fourth-order valence-corrected chi connectivity index (χ4v) is 1.39. The van der Waals surface area contributed by atoms with Gasteiger partial charge in [0.25, 0.3) is 5.91 Å². The number of carbonyl (C=O) groups is 2. The number of nitrogens with two attached hydrogens (primary N) is 2. The van der Waals surface area contributed by atoms with Crippen molar-refractivity contribution in [2.75, 3.05) is 0 Å². The van der Waals surface area contributed by atoms with Crippen molar-refractivity contribution in [3.8, 4) is 0 Å². The smallest absolute Gasteiger partial charge is 0.252 e. The molecule has 4 N–H and O–H groups in total. The van der Waals surface area contributed by atoms with Gasteiger partial charge < -0.3 is 11.5 Å². The first-order valence-corrected chi connectivity index (χ1v) is 4.08. The molecule has 0 aliphatic heterocycles. The van der Waals surface area contributed by atoms with Gasteiger partial charge in [-0.25, -0.2) is 4.98 Å². The molecule has 74 valence electrons. The van der Waals surface area contributed by atoms with E-state index in [1.54, 1.807) is 6.92 Å². The molecule has 6 heteroatoms. The third-order valence-corrected chi connectivity index (χ3v) is 1.89. The van der Waals surface area contributed by atoms with Crippen molar-refractivity contribution in [1.29, 1.82) is 0 Å². The number of aryl methyl sites for hydroxylation is 1. The monoisotopic (exact) mass is 213 g/mol. The van der Waals surface area contributed by atoms with Crippen LogP contribution in [0.3, 0.4) is 0 Å². The first kappa shape index (κ1) is 10.5. The molecule has 0 aliphatic carbocycles. The van der Waals surface area contributed by atoms with E-state index in [1.165, 1.54) is 6.07 Å². The summed E-state index contributed by atoms with van der Waals surface area (Å²) in [5, 5.41) is -0.105. The van der Waals surface area contributed by atoms with E-state index in [-0.39, 0.29) is 16.3 Å². The number of pyridine rings is 1. The first-order valence-electron chi connectivity index (χ1n) is 3.70. The van der Waals surface area contributed by atoms with E-state index in [9.17, 15) is 9.59 Å². The van der Waals surface area contributed by atoms with Crippen molar-refractivity contribution in [3.63, 3.8) is 0 Å². The van der Waals surface area contributed by atoms with Crippen molar-refractivity contribution in [1.82, 2.24) is 4.98 Å². The van der Waals surface area contributed by atoms with E-state index < -0.39 is 11.8 Å². The number of aromatic nitrogens is 1. The molecule has 1 rings (SSSR count). The lowest BCUT2D eigenvalue weighted by Gasteiger charge is -2.05. The summed E-state index contributed by atoms with van der Waals surface area (Å²) in [5.41, 5.74) is 10.4. The second-order valence-corrected chi connectivity index (χ2v) is 3.06. The van der Waals surface area contributed by atoms with Gasteiger partial charge in [0.1, 0.15) is 5.15 Å². The van der Waals surface area contributed by atoms with E-state index in [1.807, 2.05) is 0 Å². The Balaban J connectivity index is 3.52. The molecule has 0 saturated heterocycles. The molecule has 1 aromatic rings. The summed E-state index contributed by atoms with van der Waals surface area (Å²) < 4.78 is 0. The molecular weight excluding hydrogens is 206 g/mol. The van der Waals surface area contributed by atoms with E-state index >= 15 is 0 Å². The van der Waals surface area contributed by atoms with Crippen molar-refractivity contribution in [2.24, 2.45) is 11.5 Å². The maximum Gasteiger partial charge on any atom is 0.252 e. The zero-order valence-electron chi connectivity index (χ0n) is 7.37. The van der Waals surface area contributed by atoms with Crippen LogP contribution in [-0.2, 0) is 0 Å². The zero-order valence-corrected chi connectivity index (χ0v) is 8.13. The Morgan fingerprint density at radius 2 is 1.93 bits per heavy atom. The van der Waals surface area contributed by atoms with Crippen LogP contribution < -0.4 is 11.5 Å². The maximum absolute atomic E-state index is 11.0. The zero-order chi connectivity index (χ0) is 10.9. The van der Waals surface area contributed by atoms with Crippen LogP contribution in [0.25, 0.3) is 0 Å². The Kier molecular flexibility index (Phi) is 2.71. The summed E-state index contributed by atoms with van der Waals surface area (Å²) in [4.78, 5) is 25.7. The third-order valence-electron chi connectivity index (χ3n) is 1.62. The summed E-state index contributed by atoms with van der Waals surface area (Å²) in [6.45, 7) is 1.63. The van der Waals surface area contributed by atoms with Gasteiger partial charge in [-0.05, 0) is 13.0 Å². The van der Waals surface area contributed by atoms with E-state index in [2.05, 4.69) is 4.98 Å². The number of primary amides is 2. The highest BCUT2D eigenvalue weighted by Crippen LogP contribution is 2.18. The Labute approximate surface area is 85.1 Å². The van der Waals surface area contributed by atoms with Crippen LogP contribution in [0.2, 0.25) is 5.15 Å². The Hall–Kier alpha value is -1.62. The van der Waals surface area contributed by atoms with Gasteiger partial charge in [0.2, 0.25) is 5.91 Å². The highest BCUT2D eigenvalue weighted by Gasteiger charge is 2.18. The fraction of sp³-hybridized carbons (Fsp3) is 0.125. The van der Waals surface area contributed by atoms with Crippen LogP contribution >= 0.6 is 11.6 Å². The van der Waals surface area contributed by atoms with Crippen LogP contribution in [0.15, 0.2) is 6.07 Å². The molecule has 5 nitrogen and oxygen atoms in total.